The van der Waals surface area contributed by atoms with Crippen LogP contribution in [0.15, 0.2) is 27.6 Å². The minimum atomic E-state index is -3.55. The summed E-state index contributed by atoms with van der Waals surface area (Å²) in [5.41, 5.74) is 6.10. The van der Waals surface area contributed by atoms with Crippen LogP contribution in [-0.4, -0.2) is 38.5 Å². The van der Waals surface area contributed by atoms with Crippen molar-refractivity contribution in [1.29, 1.82) is 0 Å². The second-order valence-electron chi connectivity index (χ2n) is 4.76. The molecular formula is C13H19BrN2O3S. The van der Waals surface area contributed by atoms with Crippen molar-refractivity contribution < 1.29 is 13.2 Å². The Labute approximate surface area is 128 Å². The lowest BCUT2D eigenvalue weighted by Gasteiger charge is -2.31. The number of ether oxygens (including phenoxy) is 1. The van der Waals surface area contributed by atoms with Crippen molar-refractivity contribution in [3.63, 3.8) is 0 Å². The van der Waals surface area contributed by atoms with E-state index in [1.54, 1.807) is 18.2 Å². The first kappa shape index (κ1) is 15.8. The number of piperidine rings is 1. The molecule has 1 unspecified atom stereocenters. The lowest BCUT2D eigenvalue weighted by Crippen LogP contribution is -2.43. The Morgan fingerprint density at radius 3 is 2.90 bits per heavy atom. The Bertz CT molecular complexity index is 575. The highest BCUT2D eigenvalue weighted by atomic mass is 79.9. The third-order valence-electron chi connectivity index (χ3n) is 3.33. The van der Waals surface area contributed by atoms with Crippen molar-refractivity contribution in [2.24, 2.45) is 0 Å². The fourth-order valence-electron chi connectivity index (χ4n) is 2.39. The van der Waals surface area contributed by atoms with Crippen molar-refractivity contribution in [3.05, 3.63) is 22.7 Å². The molecule has 7 heteroatoms. The summed E-state index contributed by atoms with van der Waals surface area (Å²) in [6.45, 7) is 3.42. The van der Waals surface area contributed by atoms with Crippen molar-refractivity contribution in [2.45, 2.75) is 30.8 Å². The molecule has 0 bridgehead atoms. The van der Waals surface area contributed by atoms with E-state index in [4.69, 9.17) is 10.5 Å². The van der Waals surface area contributed by atoms with E-state index >= 15 is 0 Å². The number of benzene rings is 1. The van der Waals surface area contributed by atoms with Gasteiger partial charge in [-0.15, -0.1) is 0 Å². The van der Waals surface area contributed by atoms with Gasteiger partial charge in [-0.1, -0.05) is 15.9 Å². The summed E-state index contributed by atoms with van der Waals surface area (Å²) in [7, 11) is -3.55. The number of nitrogens with two attached hydrogens (primary N) is 1. The zero-order chi connectivity index (χ0) is 14.8. The van der Waals surface area contributed by atoms with Gasteiger partial charge in [0.2, 0.25) is 10.0 Å². The van der Waals surface area contributed by atoms with Gasteiger partial charge in [-0.3, -0.25) is 0 Å². The molecule has 1 aromatic rings. The number of hydrogen-bond acceptors (Lipinski definition) is 4. The number of sulfonamides is 1. The molecule has 0 aliphatic carbocycles. The molecule has 5 nitrogen and oxygen atoms in total. The van der Waals surface area contributed by atoms with Crippen LogP contribution < -0.4 is 5.73 Å². The molecule has 2 rings (SSSR count). The van der Waals surface area contributed by atoms with E-state index in [-0.39, 0.29) is 16.7 Å². The van der Waals surface area contributed by atoms with Crippen LogP contribution in [0.2, 0.25) is 0 Å². The molecule has 1 aliphatic rings. The molecule has 0 saturated carbocycles. The highest BCUT2D eigenvalue weighted by Crippen LogP contribution is 2.28. The van der Waals surface area contributed by atoms with E-state index in [0.717, 1.165) is 17.3 Å². The summed E-state index contributed by atoms with van der Waals surface area (Å²) in [6.07, 6.45) is 1.68. The van der Waals surface area contributed by atoms with Gasteiger partial charge in [0.15, 0.2) is 0 Å². The number of nitrogens with zero attached hydrogens (tertiary/aromatic N) is 1. The van der Waals surface area contributed by atoms with Gasteiger partial charge in [-0.25, -0.2) is 8.42 Å². The Balaban J connectivity index is 2.25. The highest BCUT2D eigenvalue weighted by molar-refractivity contribution is 9.10. The lowest BCUT2D eigenvalue weighted by atomic mass is 10.1. The predicted molar refractivity (Wildman–Crippen MR) is 82.0 cm³/mol. The Hall–Kier alpha value is -0.630. The molecule has 1 saturated heterocycles. The first-order chi connectivity index (χ1) is 9.45. The molecule has 1 heterocycles. The largest absolute Gasteiger partial charge is 0.398 e. The van der Waals surface area contributed by atoms with Gasteiger partial charge in [0, 0.05) is 24.2 Å². The highest BCUT2D eigenvalue weighted by Gasteiger charge is 2.31. The Kier molecular flexibility index (Phi) is 5.06. The van der Waals surface area contributed by atoms with Gasteiger partial charge < -0.3 is 10.5 Å². The fraction of sp³-hybridized carbons (Fsp3) is 0.538. The molecule has 1 aromatic carbocycles. The van der Waals surface area contributed by atoms with Crippen LogP contribution in [0.5, 0.6) is 0 Å². The van der Waals surface area contributed by atoms with E-state index in [1.807, 2.05) is 6.92 Å². The van der Waals surface area contributed by atoms with Crippen LogP contribution >= 0.6 is 15.9 Å². The summed E-state index contributed by atoms with van der Waals surface area (Å²) < 4.78 is 33.1. The molecule has 2 N–H and O–H groups in total. The van der Waals surface area contributed by atoms with Gasteiger partial charge in [-0.2, -0.15) is 4.31 Å². The number of halogens is 1. The maximum absolute atomic E-state index is 12.6. The monoisotopic (exact) mass is 362 g/mol. The van der Waals surface area contributed by atoms with Crippen LogP contribution in [0.1, 0.15) is 19.8 Å². The normalized spacial score (nSPS) is 21.0. The maximum Gasteiger partial charge on any atom is 0.245 e. The molecule has 0 spiro atoms. The van der Waals surface area contributed by atoms with Crippen LogP contribution in [0.3, 0.4) is 0 Å². The molecule has 20 heavy (non-hydrogen) atoms. The predicted octanol–water partition coefficient (Wildman–Crippen LogP) is 2.22. The summed E-state index contributed by atoms with van der Waals surface area (Å²) >= 11 is 3.28. The fourth-order valence-corrected chi connectivity index (χ4v) is 4.37. The van der Waals surface area contributed by atoms with E-state index < -0.39 is 10.0 Å². The van der Waals surface area contributed by atoms with E-state index in [0.29, 0.717) is 19.7 Å². The minimum absolute atomic E-state index is 0.0276. The number of hydrogen-bond donors (Lipinski definition) is 1. The molecule has 0 aromatic heterocycles. The average Bonchev–Trinajstić information content (AvgIpc) is 2.39. The van der Waals surface area contributed by atoms with Crippen molar-refractivity contribution in [2.75, 3.05) is 25.4 Å². The summed E-state index contributed by atoms with van der Waals surface area (Å²) in [5, 5.41) is 0. The van der Waals surface area contributed by atoms with Crippen molar-refractivity contribution >= 4 is 31.6 Å². The number of rotatable bonds is 4. The standard InChI is InChI=1S/C13H19BrN2O3S/c1-2-19-11-4-3-7-16(9-11)20(17,18)13-6-5-10(14)8-12(13)15/h5-6,8,11H,2-4,7,9,15H2,1H3. The van der Waals surface area contributed by atoms with Gasteiger partial charge in [0.25, 0.3) is 0 Å². The van der Waals surface area contributed by atoms with Crippen molar-refractivity contribution in [1.82, 2.24) is 4.31 Å². The van der Waals surface area contributed by atoms with E-state index in [9.17, 15) is 8.42 Å². The zero-order valence-electron chi connectivity index (χ0n) is 11.4. The SMILES string of the molecule is CCOC1CCCN(S(=O)(=O)c2ccc(Br)cc2N)C1. The Morgan fingerprint density at radius 1 is 1.50 bits per heavy atom. The van der Waals surface area contributed by atoms with Crippen molar-refractivity contribution in [3.8, 4) is 0 Å². The van der Waals surface area contributed by atoms with Crippen LogP contribution in [-0.2, 0) is 14.8 Å². The minimum Gasteiger partial charge on any atom is -0.398 e. The Morgan fingerprint density at radius 2 is 2.25 bits per heavy atom. The number of anilines is 1. The van der Waals surface area contributed by atoms with Gasteiger partial charge in [-0.05, 0) is 38.0 Å². The molecule has 0 amide bonds. The topological polar surface area (TPSA) is 72.6 Å². The zero-order valence-corrected chi connectivity index (χ0v) is 13.8. The summed E-state index contributed by atoms with van der Waals surface area (Å²) in [6, 6.07) is 4.84. The average molecular weight is 363 g/mol. The van der Waals surface area contributed by atoms with E-state index in [1.165, 1.54) is 4.31 Å². The first-order valence-electron chi connectivity index (χ1n) is 6.62. The lowest BCUT2D eigenvalue weighted by molar-refractivity contribution is 0.0265. The molecule has 0 radical (unpaired) electrons. The maximum atomic E-state index is 12.6. The second kappa shape index (κ2) is 6.43. The summed E-state index contributed by atoms with van der Waals surface area (Å²) in [4.78, 5) is 0.165. The summed E-state index contributed by atoms with van der Waals surface area (Å²) in [5.74, 6) is 0. The molecule has 1 aliphatic heterocycles. The van der Waals surface area contributed by atoms with Gasteiger partial charge >= 0.3 is 0 Å². The third-order valence-corrected chi connectivity index (χ3v) is 5.77. The number of nitrogen functional groups attached to an aromatic ring is 1. The van der Waals surface area contributed by atoms with Crippen LogP contribution in [0.4, 0.5) is 5.69 Å². The van der Waals surface area contributed by atoms with E-state index in [2.05, 4.69) is 15.9 Å². The van der Waals surface area contributed by atoms with Crippen LogP contribution in [0.25, 0.3) is 0 Å². The second-order valence-corrected chi connectivity index (χ2v) is 7.59. The molecule has 112 valence electrons. The quantitative estimate of drug-likeness (QED) is 0.833. The molecular weight excluding hydrogens is 344 g/mol. The third kappa shape index (κ3) is 3.33. The molecule has 1 fully saturated rings. The van der Waals surface area contributed by atoms with Gasteiger partial charge in [0.05, 0.1) is 11.8 Å². The van der Waals surface area contributed by atoms with Crippen LogP contribution in [0, 0.1) is 0 Å². The van der Waals surface area contributed by atoms with Gasteiger partial charge in [0.1, 0.15) is 4.90 Å². The smallest absolute Gasteiger partial charge is 0.245 e. The first-order valence-corrected chi connectivity index (χ1v) is 8.85. The molecule has 1 atom stereocenters.